The van der Waals surface area contributed by atoms with E-state index < -0.39 is 17.7 Å². The first-order chi connectivity index (χ1) is 7.18. The van der Waals surface area contributed by atoms with Crippen molar-refractivity contribution in [2.75, 3.05) is 0 Å². The summed E-state index contributed by atoms with van der Waals surface area (Å²) in [5, 5.41) is 9.90. The first-order valence-electron chi connectivity index (χ1n) is 5.02. The lowest BCUT2D eigenvalue weighted by atomic mass is 9.80. The van der Waals surface area contributed by atoms with Crippen molar-refractivity contribution in [3.63, 3.8) is 0 Å². The van der Waals surface area contributed by atoms with Crippen molar-refractivity contribution in [3.8, 4) is 0 Å². The van der Waals surface area contributed by atoms with Crippen LogP contribution in [-0.4, -0.2) is 5.11 Å². The molecule has 1 nitrogen and oxygen atoms in total. The van der Waals surface area contributed by atoms with E-state index in [2.05, 4.69) is 0 Å². The van der Waals surface area contributed by atoms with Crippen molar-refractivity contribution in [2.45, 2.75) is 18.4 Å². The highest BCUT2D eigenvalue weighted by Gasteiger charge is 2.37. The Balaban J connectivity index is 2.26. The Kier molecular flexibility index (Phi) is 1.74. The molecular weight excluding hydrogens is 198 g/mol. The molecule has 0 saturated heterocycles. The van der Waals surface area contributed by atoms with Crippen LogP contribution >= 0.6 is 0 Å². The lowest BCUT2D eigenvalue weighted by molar-refractivity contribution is 0.115. The number of hydrogen-bond acceptors (Lipinski definition) is 1. The van der Waals surface area contributed by atoms with Gasteiger partial charge < -0.3 is 5.11 Å². The Bertz CT molecular complexity index is 453. The minimum absolute atomic E-state index is 0.0567. The lowest BCUT2D eigenvalue weighted by Crippen LogP contribution is -2.20. The molecule has 0 aliphatic heterocycles. The molecule has 3 heteroatoms. The molecule has 0 saturated carbocycles. The van der Waals surface area contributed by atoms with Crippen molar-refractivity contribution in [2.24, 2.45) is 5.92 Å². The number of aliphatic hydroxyl groups is 1. The van der Waals surface area contributed by atoms with Crippen LogP contribution in [0.1, 0.15) is 29.6 Å². The third-order valence-electron chi connectivity index (χ3n) is 3.38. The van der Waals surface area contributed by atoms with Gasteiger partial charge in [0, 0.05) is 17.4 Å². The van der Waals surface area contributed by atoms with E-state index in [1.54, 1.807) is 6.07 Å². The average Bonchev–Trinajstić information content (AvgIpc) is 2.65. The molecule has 0 aromatic heterocycles. The Morgan fingerprint density at radius 2 is 2.00 bits per heavy atom. The second-order valence-corrected chi connectivity index (χ2v) is 4.20. The van der Waals surface area contributed by atoms with E-state index in [-0.39, 0.29) is 17.4 Å². The van der Waals surface area contributed by atoms with Crippen LogP contribution in [0.5, 0.6) is 0 Å². The van der Waals surface area contributed by atoms with Gasteiger partial charge in [0.15, 0.2) is 11.6 Å². The lowest BCUT2D eigenvalue weighted by Gasteiger charge is -2.28. The zero-order valence-electron chi connectivity index (χ0n) is 7.95. The summed E-state index contributed by atoms with van der Waals surface area (Å²) < 4.78 is 26.6. The second kappa shape index (κ2) is 2.89. The van der Waals surface area contributed by atoms with Gasteiger partial charge in [-0.3, -0.25) is 0 Å². The van der Waals surface area contributed by atoms with Crippen molar-refractivity contribution >= 4 is 0 Å². The smallest absolute Gasteiger partial charge is 0.164 e. The Morgan fingerprint density at radius 1 is 1.20 bits per heavy atom. The van der Waals surface area contributed by atoms with Gasteiger partial charge in [0.25, 0.3) is 0 Å². The fourth-order valence-electron chi connectivity index (χ4n) is 2.61. The highest BCUT2D eigenvalue weighted by molar-refractivity contribution is 5.42. The van der Waals surface area contributed by atoms with Crippen LogP contribution in [0.15, 0.2) is 24.3 Å². The first-order valence-corrected chi connectivity index (χ1v) is 5.02. The largest absolute Gasteiger partial charge is 0.388 e. The summed E-state index contributed by atoms with van der Waals surface area (Å²) in [6, 6.07) is 2.71. The van der Waals surface area contributed by atoms with Gasteiger partial charge in [-0.15, -0.1) is 0 Å². The van der Waals surface area contributed by atoms with Crippen molar-refractivity contribution in [1.29, 1.82) is 0 Å². The van der Waals surface area contributed by atoms with Gasteiger partial charge in [0.05, 0.1) is 6.10 Å². The zero-order valence-corrected chi connectivity index (χ0v) is 7.95. The summed E-state index contributed by atoms with van der Waals surface area (Å²) in [7, 11) is 0. The predicted octanol–water partition coefficient (Wildman–Crippen LogP) is 2.67. The van der Waals surface area contributed by atoms with Crippen LogP contribution in [0.2, 0.25) is 0 Å². The number of halogens is 2. The van der Waals surface area contributed by atoms with Crippen LogP contribution in [0.3, 0.4) is 0 Å². The predicted molar refractivity (Wildman–Crippen MR) is 51.3 cm³/mol. The molecule has 2 aliphatic rings. The molecule has 0 spiro atoms. The van der Waals surface area contributed by atoms with Crippen molar-refractivity contribution in [1.82, 2.24) is 0 Å². The molecule has 3 unspecified atom stereocenters. The van der Waals surface area contributed by atoms with E-state index >= 15 is 0 Å². The number of hydrogen-bond donors (Lipinski definition) is 1. The standard InChI is InChI=1S/C12H10F2O/c13-9-4-3-8-6-1-2-7(5-6)12(15)10(8)11(9)14/h1-4,6-7,12,15H,5H2. The molecule has 78 valence electrons. The van der Waals surface area contributed by atoms with Crippen LogP contribution in [0, 0.1) is 17.6 Å². The molecule has 0 fully saturated rings. The summed E-state index contributed by atoms with van der Waals surface area (Å²) in [4.78, 5) is 0. The van der Waals surface area contributed by atoms with Crippen LogP contribution in [0.25, 0.3) is 0 Å². The van der Waals surface area contributed by atoms with E-state index in [1.165, 1.54) is 0 Å². The minimum Gasteiger partial charge on any atom is -0.388 e. The summed E-state index contributed by atoms with van der Waals surface area (Å²) in [5.41, 5.74) is 0.882. The SMILES string of the molecule is OC1c2c(ccc(F)c2F)C2C=CC1C2. The van der Waals surface area contributed by atoms with Gasteiger partial charge in [-0.2, -0.15) is 0 Å². The molecule has 1 aromatic rings. The van der Waals surface area contributed by atoms with E-state index in [0.29, 0.717) is 0 Å². The topological polar surface area (TPSA) is 20.2 Å². The summed E-state index contributed by atoms with van der Waals surface area (Å²) in [6.07, 6.45) is 3.77. The Morgan fingerprint density at radius 3 is 2.80 bits per heavy atom. The van der Waals surface area contributed by atoms with Crippen LogP contribution < -0.4 is 0 Å². The van der Waals surface area contributed by atoms with Gasteiger partial charge in [-0.25, -0.2) is 8.78 Å². The van der Waals surface area contributed by atoms with Gasteiger partial charge in [-0.05, 0) is 18.1 Å². The zero-order chi connectivity index (χ0) is 10.6. The first kappa shape index (κ1) is 9.04. The van der Waals surface area contributed by atoms with Crippen LogP contribution in [0.4, 0.5) is 8.78 Å². The molecule has 15 heavy (non-hydrogen) atoms. The highest BCUT2D eigenvalue weighted by atomic mass is 19.2. The molecule has 2 bridgehead atoms. The number of benzene rings is 1. The normalized spacial score (nSPS) is 31.8. The third kappa shape index (κ3) is 1.10. The maximum absolute atomic E-state index is 13.5. The third-order valence-corrected chi connectivity index (χ3v) is 3.38. The fourth-order valence-corrected chi connectivity index (χ4v) is 2.61. The van der Waals surface area contributed by atoms with Gasteiger partial charge in [0.1, 0.15) is 0 Å². The second-order valence-electron chi connectivity index (χ2n) is 4.20. The minimum atomic E-state index is -0.897. The summed E-state index contributed by atoms with van der Waals surface area (Å²) >= 11 is 0. The molecule has 0 radical (unpaired) electrons. The van der Waals surface area contributed by atoms with E-state index in [1.807, 2.05) is 12.2 Å². The van der Waals surface area contributed by atoms with E-state index in [9.17, 15) is 13.9 Å². The molecule has 0 amide bonds. The Labute approximate surface area is 86.0 Å². The number of fused-ring (bicyclic) bond motifs is 4. The number of allylic oxidation sites excluding steroid dienone is 1. The van der Waals surface area contributed by atoms with Crippen LogP contribution in [-0.2, 0) is 0 Å². The van der Waals surface area contributed by atoms with Gasteiger partial charge in [-0.1, -0.05) is 18.2 Å². The number of rotatable bonds is 0. The van der Waals surface area contributed by atoms with E-state index in [0.717, 1.165) is 18.1 Å². The van der Waals surface area contributed by atoms with Crippen molar-refractivity contribution < 1.29 is 13.9 Å². The summed E-state index contributed by atoms with van der Waals surface area (Å²) in [6.45, 7) is 0. The maximum Gasteiger partial charge on any atom is 0.164 e. The number of aliphatic hydroxyl groups excluding tert-OH is 1. The maximum atomic E-state index is 13.5. The van der Waals surface area contributed by atoms with E-state index in [4.69, 9.17) is 0 Å². The monoisotopic (exact) mass is 208 g/mol. The average molecular weight is 208 g/mol. The van der Waals surface area contributed by atoms with Crippen molar-refractivity contribution in [3.05, 3.63) is 47.0 Å². The molecule has 0 heterocycles. The van der Waals surface area contributed by atoms with Gasteiger partial charge in [0.2, 0.25) is 0 Å². The fraction of sp³-hybridized carbons (Fsp3) is 0.333. The van der Waals surface area contributed by atoms with Gasteiger partial charge >= 0.3 is 0 Å². The quantitative estimate of drug-likeness (QED) is 0.650. The molecule has 3 rings (SSSR count). The molecule has 2 aliphatic carbocycles. The summed E-state index contributed by atoms with van der Waals surface area (Å²) in [5.74, 6) is -1.69. The molecule has 1 N–H and O–H groups in total. The Hall–Kier alpha value is -1.22. The molecule has 3 atom stereocenters. The molecular formula is C12H10F2O. The molecule has 1 aromatic carbocycles. The highest BCUT2D eigenvalue weighted by Crippen LogP contribution is 2.47.